The van der Waals surface area contributed by atoms with Gasteiger partial charge in [0.1, 0.15) is 12.4 Å². The highest BCUT2D eigenvalue weighted by atomic mass is 32.2. The van der Waals surface area contributed by atoms with Gasteiger partial charge in [-0.05, 0) is 54.4 Å². The summed E-state index contributed by atoms with van der Waals surface area (Å²) in [7, 11) is -3.70. The van der Waals surface area contributed by atoms with Crippen LogP contribution in [0.2, 0.25) is 0 Å². The van der Waals surface area contributed by atoms with Gasteiger partial charge in [-0.25, -0.2) is 17.9 Å². The standard InChI is InChI=1S/C20H19NO5S/c1-15-5-2-3-6-17(15)14-26-20(22)16-8-10-19(11-9-16)27(23,24)21-13-18-7-4-12-25-18/h2-12,21H,13-14H2,1H3. The van der Waals surface area contributed by atoms with Crippen molar-refractivity contribution < 1.29 is 22.4 Å². The zero-order chi connectivity index (χ0) is 19.3. The van der Waals surface area contributed by atoms with E-state index in [0.29, 0.717) is 5.76 Å². The molecule has 3 rings (SSSR count). The molecule has 1 N–H and O–H groups in total. The number of hydrogen-bond donors (Lipinski definition) is 1. The third-order valence-electron chi connectivity index (χ3n) is 4.04. The number of furan rings is 1. The molecule has 7 heteroatoms. The Morgan fingerprint density at radius 3 is 2.44 bits per heavy atom. The number of sulfonamides is 1. The minimum absolute atomic E-state index is 0.0511. The first-order chi connectivity index (χ1) is 13.0. The molecule has 6 nitrogen and oxygen atoms in total. The van der Waals surface area contributed by atoms with Crippen LogP contribution in [0, 0.1) is 6.92 Å². The third kappa shape index (κ3) is 4.84. The van der Waals surface area contributed by atoms with Crippen molar-refractivity contribution >= 4 is 16.0 Å². The Balaban J connectivity index is 1.62. The summed E-state index contributed by atoms with van der Waals surface area (Å²) in [5.74, 6) is 0.000670. The van der Waals surface area contributed by atoms with Crippen molar-refractivity contribution in [1.82, 2.24) is 4.72 Å². The molecular formula is C20H19NO5S. The number of aryl methyl sites for hydroxylation is 1. The summed E-state index contributed by atoms with van der Waals surface area (Å²) in [6.07, 6.45) is 1.47. The molecule has 0 saturated carbocycles. The highest BCUT2D eigenvalue weighted by molar-refractivity contribution is 7.89. The molecule has 0 aliphatic rings. The number of carbonyl (C=O) groups excluding carboxylic acids is 1. The van der Waals surface area contributed by atoms with Gasteiger partial charge in [-0.1, -0.05) is 24.3 Å². The number of nitrogens with one attached hydrogen (secondary N) is 1. The second-order valence-electron chi connectivity index (χ2n) is 5.93. The van der Waals surface area contributed by atoms with Gasteiger partial charge in [-0.15, -0.1) is 0 Å². The van der Waals surface area contributed by atoms with Crippen molar-refractivity contribution in [2.75, 3.05) is 0 Å². The predicted molar refractivity (Wildman–Crippen MR) is 99.5 cm³/mol. The van der Waals surface area contributed by atoms with Crippen LogP contribution in [-0.2, 0) is 27.9 Å². The van der Waals surface area contributed by atoms with Crippen molar-refractivity contribution in [2.45, 2.75) is 25.0 Å². The van der Waals surface area contributed by atoms with Crippen molar-refractivity contribution in [2.24, 2.45) is 0 Å². The van der Waals surface area contributed by atoms with Crippen LogP contribution in [0.25, 0.3) is 0 Å². The Hall–Kier alpha value is -2.90. The minimum Gasteiger partial charge on any atom is -0.468 e. The summed E-state index contributed by atoms with van der Waals surface area (Å²) in [6, 6.07) is 16.6. The van der Waals surface area contributed by atoms with Gasteiger partial charge in [0, 0.05) is 0 Å². The summed E-state index contributed by atoms with van der Waals surface area (Å²) >= 11 is 0. The van der Waals surface area contributed by atoms with Crippen LogP contribution in [0.1, 0.15) is 27.2 Å². The SMILES string of the molecule is Cc1ccccc1COC(=O)c1ccc(S(=O)(=O)NCc2ccco2)cc1. The lowest BCUT2D eigenvalue weighted by Crippen LogP contribution is -2.23. The summed E-state index contributed by atoms with van der Waals surface area (Å²) in [6.45, 7) is 2.16. The Labute approximate surface area is 157 Å². The second-order valence-corrected chi connectivity index (χ2v) is 7.70. The average Bonchev–Trinajstić information content (AvgIpc) is 3.19. The van der Waals surface area contributed by atoms with E-state index in [0.717, 1.165) is 11.1 Å². The van der Waals surface area contributed by atoms with Crippen molar-refractivity contribution in [1.29, 1.82) is 0 Å². The van der Waals surface area contributed by atoms with Gasteiger partial charge in [0.25, 0.3) is 0 Å². The summed E-state index contributed by atoms with van der Waals surface area (Å²) in [4.78, 5) is 12.2. The van der Waals surface area contributed by atoms with E-state index in [-0.39, 0.29) is 23.6 Å². The minimum atomic E-state index is -3.70. The Morgan fingerprint density at radius 1 is 1.04 bits per heavy atom. The number of hydrogen-bond acceptors (Lipinski definition) is 5. The fraction of sp³-hybridized carbons (Fsp3) is 0.150. The fourth-order valence-corrected chi connectivity index (χ4v) is 3.42. The largest absolute Gasteiger partial charge is 0.468 e. The van der Waals surface area contributed by atoms with Crippen molar-refractivity contribution in [3.63, 3.8) is 0 Å². The first kappa shape index (κ1) is 18.9. The molecule has 0 saturated heterocycles. The highest BCUT2D eigenvalue weighted by Crippen LogP contribution is 2.14. The fourth-order valence-electron chi connectivity index (χ4n) is 2.43. The summed E-state index contributed by atoms with van der Waals surface area (Å²) in [5, 5.41) is 0. The molecule has 0 bridgehead atoms. The van der Waals surface area contributed by atoms with Crippen molar-refractivity contribution in [3.8, 4) is 0 Å². The second kappa shape index (κ2) is 8.20. The quantitative estimate of drug-likeness (QED) is 0.630. The lowest BCUT2D eigenvalue weighted by atomic mass is 10.1. The third-order valence-corrected chi connectivity index (χ3v) is 5.45. The lowest BCUT2D eigenvalue weighted by molar-refractivity contribution is 0.0472. The van der Waals surface area contributed by atoms with E-state index in [1.54, 1.807) is 12.1 Å². The molecule has 0 unspecified atom stereocenters. The van der Waals surface area contributed by atoms with Gasteiger partial charge in [-0.2, -0.15) is 0 Å². The molecule has 0 fully saturated rings. The molecule has 0 radical (unpaired) electrons. The average molecular weight is 385 g/mol. The van der Waals surface area contributed by atoms with Crippen LogP contribution in [-0.4, -0.2) is 14.4 Å². The predicted octanol–water partition coefficient (Wildman–Crippen LogP) is 3.42. The molecule has 0 spiro atoms. The van der Waals surface area contributed by atoms with Crippen LogP contribution in [0.15, 0.2) is 76.2 Å². The maximum atomic E-state index is 12.3. The molecule has 0 atom stereocenters. The number of carbonyl (C=O) groups is 1. The molecule has 1 aromatic heterocycles. The molecule has 140 valence electrons. The zero-order valence-corrected chi connectivity index (χ0v) is 15.5. The van der Waals surface area contributed by atoms with Crippen LogP contribution in [0.3, 0.4) is 0 Å². The van der Waals surface area contributed by atoms with Gasteiger partial charge in [0.05, 0.1) is 23.3 Å². The Morgan fingerprint density at radius 2 is 1.78 bits per heavy atom. The van der Waals surface area contributed by atoms with Gasteiger partial charge in [0.15, 0.2) is 0 Å². The maximum Gasteiger partial charge on any atom is 0.338 e. The van der Waals surface area contributed by atoms with E-state index in [9.17, 15) is 13.2 Å². The van der Waals surface area contributed by atoms with Crippen LogP contribution in [0.5, 0.6) is 0 Å². The smallest absolute Gasteiger partial charge is 0.338 e. The van der Waals surface area contributed by atoms with Crippen LogP contribution in [0.4, 0.5) is 0 Å². The normalized spacial score (nSPS) is 11.3. The molecule has 0 amide bonds. The first-order valence-electron chi connectivity index (χ1n) is 8.29. The Kier molecular flexibility index (Phi) is 5.73. The Bertz CT molecular complexity index is 1010. The lowest BCUT2D eigenvalue weighted by Gasteiger charge is -2.09. The molecule has 27 heavy (non-hydrogen) atoms. The van der Waals surface area contributed by atoms with Crippen LogP contribution >= 0.6 is 0 Å². The van der Waals surface area contributed by atoms with E-state index >= 15 is 0 Å². The number of rotatable bonds is 7. The highest BCUT2D eigenvalue weighted by Gasteiger charge is 2.16. The molecule has 0 aliphatic carbocycles. The number of esters is 1. The zero-order valence-electron chi connectivity index (χ0n) is 14.7. The van der Waals surface area contributed by atoms with Gasteiger partial charge >= 0.3 is 5.97 Å². The van der Waals surface area contributed by atoms with E-state index < -0.39 is 16.0 Å². The number of benzene rings is 2. The van der Waals surface area contributed by atoms with E-state index in [2.05, 4.69) is 4.72 Å². The first-order valence-corrected chi connectivity index (χ1v) is 9.78. The monoisotopic (exact) mass is 385 g/mol. The number of ether oxygens (including phenoxy) is 1. The van der Waals surface area contributed by atoms with E-state index in [4.69, 9.17) is 9.15 Å². The summed E-state index contributed by atoms with van der Waals surface area (Å²) < 4.78 is 37.4. The van der Waals surface area contributed by atoms with Crippen molar-refractivity contribution in [3.05, 3.63) is 89.4 Å². The van der Waals surface area contributed by atoms with Gasteiger partial charge in [-0.3, -0.25) is 0 Å². The van der Waals surface area contributed by atoms with E-state index in [1.165, 1.54) is 30.5 Å². The molecule has 1 heterocycles. The molecular weight excluding hydrogens is 366 g/mol. The van der Waals surface area contributed by atoms with Gasteiger partial charge in [0.2, 0.25) is 10.0 Å². The molecule has 2 aromatic carbocycles. The van der Waals surface area contributed by atoms with Gasteiger partial charge < -0.3 is 9.15 Å². The topological polar surface area (TPSA) is 85.6 Å². The maximum absolute atomic E-state index is 12.3. The molecule has 0 aliphatic heterocycles. The summed E-state index contributed by atoms with van der Waals surface area (Å²) in [5.41, 5.74) is 2.25. The van der Waals surface area contributed by atoms with E-state index in [1.807, 2.05) is 31.2 Å². The molecule has 3 aromatic rings. The van der Waals surface area contributed by atoms with Crippen LogP contribution < -0.4 is 4.72 Å².